The van der Waals surface area contributed by atoms with Gasteiger partial charge in [0.25, 0.3) is 5.91 Å². The quantitative estimate of drug-likeness (QED) is 0.414. The maximum absolute atomic E-state index is 14.7. The van der Waals surface area contributed by atoms with E-state index in [-0.39, 0.29) is 27.4 Å². The number of aryl methyl sites for hydroxylation is 2. The van der Waals surface area contributed by atoms with Crippen molar-refractivity contribution in [1.82, 2.24) is 19.7 Å². The van der Waals surface area contributed by atoms with E-state index in [1.165, 1.54) is 12.1 Å². The number of nitrogens with zero attached hydrogens (tertiary/aromatic N) is 4. The Hall–Kier alpha value is -3.86. The van der Waals surface area contributed by atoms with Crippen LogP contribution in [-0.4, -0.2) is 25.7 Å². The van der Waals surface area contributed by atoms with Crippen molar-refractivity contribution in [3.05, 3.63) is 86.3 Å². The van der Waals surface area contributed by atoms with Crippen LogP contribution in [0.5, 0.6) is 0 Å². The highest BCUT2D eigenvalue weighted by atomic mass is 35.5. The number of benzene rings is 1. The maximum Gasteiger partial charge on any atom is 0.433 e. The van der Waals surface area contributed by atoms with Crippen molar-refractivity contribution >= 4 is 34.2 Å². The molecule has 174 valence electrons. The molecule has 0 unspecified atom stereocenters. The fourth-order valence-electron chi connectivity index (χ4n) is 3.17. The van der Waals surface area contributed by atoms with Crippen LogP contribution >= 0.6 is 11.6 Å². The van der Waals surface area contributed by atoms with Gasteiger partial charge >= 0.3 is 6.18 Å². The Morgan fingerprint density at radius 1 is 1.12 bits per heavy atom. The number of halogens is 5. The molecule has 4 rings (SSSR count). The van der Waals surface area contributed by atoms with Gasteiger partial charge in [-0.3, -0.25) is 14.6 Å². The van der Waals surface area contributed by atoms with E-state index in [1.807, 2.05) is 0 Å². The normalized spacial score (nSPS) is 11.6. The summed E-state index contributed by atoms with van der Waals surface area (Å²) in [6.07, 6.45) is -3.87. The molecule has 34 heavy (non-hydrogen) atoms. The first kappa shape index (κ1) is 23.3. The van der Waals surface area contributed by atoms with Gasteiger partial charge in [-0.15, -0.1) is 0 Å². The molecule has 1 amide bonds. The van der Waals surface area contributed by atoms with E-state index in [0.29, 0.717) is 17.3 Å². The number of alkyl halides is 3. The maximum atomic E-state index is 14.7. The minimum atomic E-state index is -4.74. The van der Waals surface area contributed by atoms with Crippen molar-refractivity contribution in [2.75, 3.05) is 5.32 Å². The molecule has 0 aliphatic rings. The highest BCUT2D eigenvalue weighted by Crippen LogP contribution is 2.29. The summed E-state index contributed by atoms with van der Waals surface area (Å²) < 4.78 is 54.6. The Balaban J connectivity index is 1.90. The molecule has 0 radical (unpaired) electrons. The predicted octanol–water partition coefficient (Wildman–Crippen LogP) is 4.86. The van der Waals surface area contributed by atoms with Gasteiger partial charge in [0.2, 0.25) is 5.43 Å². The molecule has 0 fully saturated rings. The lowest BCUT2D eigenvalue weighted by molar-refractivity contribution is -0.141. The fourth-order valence-corrected chi connectivity index (χ4v) is 3.33. The second-order valence-electron chi connectivity index (χ2n) is 7.33. The van der Waals surface area contributed by atoms with Gasteiger partial charge in [-0.2, -0.15) is 18.3 Å². The van der Waals surface area contributed by atoms with Gasteiger partial charge in [-0.05, 0) is 55.8 Å². The predicted molar refractivity (Wildman–Crippen MR) is 117 cm³/mol. The summed E-state index contributed by atoms with van der Waals surface area (Å²) in [5.41, 5.74) is -2.01. The average Bonchev–Trinajstić information content (AvgIpc) is 2.75. The molecule has 0 bridgehead atoms. The Bertz CT molecular complexity index is 1520. The molecule has 0 saturated carbocycles. The SMILES string of the molecule is Cc1cc2c(nc1C)c(=O)c(C(=O)Nc1ccnc(C(F)(F)F)c1)nn2-c1ccc(Cl)cc1F. The van der Waals surface area contributed by atoms with Crippen molar-refractivity contribution in [2.24, 2.45) is 0 Å². The van der Waals surface area contributed by atoms with E-state index in [9.17, 15) is 27.2 Å². The van der Waals surface area contributed by atoms with Crippen LogP contribution in [0.15, 0.2) is 47.4 Å². The van der Waals surface area contributed by atoms with Gasteiger partial charge in [-0.25, -0.2) is 14.1 Å². The molecule has 1 N–H and O–H groups in total. The number of carbonyl (C=O) groups is 1. The van der Waals surface area contributed by atoms with E-state index in [1.54, 1.807) is 19.9 Å². The third-order valence-electron chi connectivity index (χ3n) is 4.97. The average molecular weight is 492 g/mol. The number of aromatic nitrogens is 4. The first-order valence-corrected chi connectivity index (χ1v) is 10.0. The summed E-state index contributed by atoms with van der Waals surface area (Å²) in [6, 6.07) is 7.05. The van der Waals surface area contributed by atoms with Crippen molar-refractivity contribution in [1.29, 1.82) is 0 Å². The Morgan fingerprint density at radius 3 is 2.53 bits per heavy atom. The van der Waals surface area contributed by atoms with Crippen LogP contribution in [0.2, 0.25) is 5.02 Å². The number of nitrogens with one attached hydrogen (secondary N) is 1. The van der Waals surface area contributed by atoms with Crippen molar-refractivity contribution in [2.45, 2.75) is 20.0 Å². The first-order valence-electron chi connectivity index (χ1n) is 9.67. The summed E-state index contributed by atoms with van der Waals surface area (Å²) in [5, 5.41) is 6.36. The van der Waals surface area contributed by atoms with Gasteiger partial charge < -0.3 is 5.32 Å². The number of hydrogen-bond donors (Lipinski definition) is 1. The van der Waals surface area contributed by atoms with Crippen molar-refractivity contribution in [3.8, 4) is 5.69 Å². The smallest absolute Gasteiger partial charge is 0.320 e. The number of hydrogen-bond acceptors (Lipinski definition) is 5. The molecule has 0 saturated heterocycles. The Morgan fingerprint density at radius 2 is 1.85 bits per heavy atom. The van der Waals surface area contributed by atoms with E-state index in [2.05, 4.69) is 20.4 Å². The molecule has 12 heteroatoms. The van der Waals surface area contributed by atoms with E-state index >= 15 is 0 Å². The highest BCUT2D eigenvalue weighted by Gasteiger charge is 2.32. The summed E-state index contributed by atoms with van der Waals surface area (Å²) in [5.74, 6) is -1.88. The lowest BCUT2D eigenvalue weighted by Crippen LogP contribution is -2.28. The highest BCUT2D eigenvalue weighted by molar-refractivity contribution is 6.30. The van der Waals surface area contributed by atoms with Gasteiger partial charge in [0.05, 0.1) is 5.52 Å². The molecule has 3 aromatic heterocycles. The van der Waals surface area contributed by atoms with E-state index in [0.717, 1.165) is 23.0 Å². The molecule has 7 nitrogen and oxygen atoms in total. The van der Waals surface area contributed by atoms with Gasteiger partial charge in [0.15, 0.2) is 5.69 Å². The van der Waals surface area contributed by atoms with Crippen LogP contribution in [0.4, 0.5) is 23.2 Å². The summed E-state index contributed by atoms with van der Waals surface area (Å²) in [6.45, 7) is 3.38. The zero-order chi connectivity index (χ0) is 24.8. The number of amides is 1. The monoisotopic (exact) mass is 491 g/mol. The summed E-state index contributed by atoms with van der Waals surface area (Å²) in [4.78, 5) is 33.4. The third-order valence-corrected chi connectivity index (χ3v) is 5.20. The molecule has 0 aliphatic carbocycles. The molecular formula is C22H14ClF4N5O2. The van der Waals surface area contributed by atoms with Crippen molar-refractivity contribution < 1.29 is 22.4 Å². The van der Waals surface area contributed by atoms with Crippen LogP contribution in [0, 0.1) is 19.7 Å². The summed E-state index contributed by atoms with van der Waals surface area (Å²) in [7, 11) is 0. The lowest BCUT2D eigenvalue weighted by atomic mass is 10.1. The standard InChI is InChI=1S/C22H14ClF4N5O2/c1-10-7-16-18(29-11(10)2)20(33)19(31-32(16)15-4-3-12(23)8-14(15)24)21(34)30-13-5-6-28-17(9-13)22(25,26)27/h3-9H,1-2H3,(H,28,30,34). The van der Waals surface area contributed by atoms with Crippen LogP contribution in [0.25, 0.3) is 16.7 Å². The Kier molecular flexibility index (Phi) is 5.82. The summed E-state index contributed by atoms with van der Waals surface area (Å²) >= 11 is 5.83. The van der Waals surface area contributed by atoms with Gasteiger partial charge in [0.1, 0.15) is 22.7 Å². The molecule has 3 heterocycles. The Labute approximate surface area is 194 Å². The zero-order valence-electron chi connectivity index (χ0n) is 17.5. The number of anilines is 1. The minimum Gasteiger partial charge on any atom is -0.320 e. The lowest BCUT2D eigenvalue weighted by Gasteiger charge is -2.14. The molecular weight excluding hydrogens is 478 g/mol. The number of carbonyl (C=O) groups excluding carboxylic acids is 1. The molecule has 0 aliphatic heterocycles. The van der Waals surface area contributed by atoms with E-state index < -0.39 is 34.7 Å². The van der Waals surface area contributed by atoms with Crippen LogP contribution in [-0.2, 0) is 6.18 Å². The minimum absolute atomic E-state index is 0.114. The zero-order valence-corrected chi connectivity index (χ0v) is 18.3. The van der Waals surface area contributed by atoms with Crippen molar-refractivity contribution in [3.63, 3.8) is 0 Å². The van der Waals surface area contributed by atoms with Crippen LogP contribution in [0.3, 0.4) is 0 Å². The number of pyridine rings is 2. The van der Waals surface area contributed by atoms with E-state index in [4.69, 9.17) is 11.6 Å². The van der Waals surface area contributed by atoms with Crippen LogP contribution < -0.4 is 10.7 Å². The van der Waals surface area contributed by atoms with Gasteiger partial charge in [0, 0.05) is 22.6 Å². The van der Waals surface area contributed by atoms with Gasteiger partial charge in [-0.1, -0.05) is 11.6 Å². The second-order valence-corrected chi connectivity index (χ2v) is 7.76. The molecule has 4 aromatic rings. The molecule has 0 spiro atoms. The number of fused-ring (bicyclic) bond motifs is 1. The fraction of sp³-hybridized carbons (Fsp3) is 0.136. The third kappa shape index (κ3) is 4.34. The second kappa shape index (κ2) is 8.49. The van der Waals surface area contributed by atoms with Crippen LogP contribution in [0.1, 0.15) is 27.4 Å². The topological polar surface area (TPSA) is 89.8 Å². The molecule has 1 aromatic carbocycles. The first-order chi connectivity index (χ1) is 16.0. The number of rotatable bonds is 3. The molecule has 0 atom stereocenters. The largest absolute Gasteiger partial charge is 0.433 e.